The second-order valence-electron chi connectivity index (χ2n) is 4.16. The van der Waals surface area contributed by atoms with E-state index < -0.39 is 0 Å². The Morgan fingerprint density at radius 1 is 1.47 bits per heavy atom. The van der Waals surface area contributed by atoms with Crippen molar-refractivity contribution in [1.29, 1.82) is 0 Å². The zero-order valence-corrected chi connectivity index (χ0v) is 9.27. The van der Waals surface area contributed by atoms with E-state index in [1.807, 2.05) is 13.8 Å². The van der Waals surface area contributed by atoms with E-state index in [-0.39, 0.29) is 6.10 Å². The van der Waals surface area contributed by atoms with Crippen LogP contribution in [-0.4, -0.2) is 34.3 Å². The predicted molar refractivity (Wildman–Crippen MR) is 59.0 cm³/mol. The van der Waals surface area contributed by atoms with Gasteiger partial charge in [0, 0.05) is 19.3 Å². The summed E-state index contributed by atoms with van der Waals surface area (Å²) in [7, 11) is 0. The molecule has 1 aliphatic heterocycles. The molecule has 0 aliphatic carbocycles. The molecule has 82 valence electrons. The number of hydrogen-bond donors (Lipinski definition) is 1. The quantitative estimate of drug-likeness (QED) is 0.748. The lowest BCUT2D eigenvalue weighted by Gasteiger charge is -2.31. The van der Waals surface area contributed by atoms with Crippen LogP contribution >= 0.6 is 0 Å². The van der Waals surface area contributed by atoms with Gasteiger partial charge in [-0.2, -0.15) is 0 Å². The highest BCUT2D eigenvalue weighted by atomic mass is 16.3. The van der Waals surface area contributed by atoms with E-state index in [0.29, 0.717) is 6.54 Å². The average molecular weight is 207 g/mol. The van der Waals surface area contributed by atoms with Crippen LogP contribution in [0.3, 0.4) is 0 Å². The van der Waals surface area contributed by atoms with Gasteiger partial charge in [-0.25, -0.2) is 4.98 Å². The number of aliphatic hydroxyl groups excluding tert-OH is 1. The second kappa shape index (κ2) is 4.14. The van der Waals surface area contributed by atoms with Crippen molar-refractivity contribution in [1.82, 2.24) is 9.97 Å². The summed E-state index contributed by atoms with van der Waals surface area (Å²) in [6, 6.07) is 0. The third kappa shape index (κ3) is 2.26. The van der Waals surface area contributed by atoms with Gasteiger partial charge in [0.2, 0.25) is 0 Å². The van der Waals surface area contributed by atoms with Gasteiger partial charge in [0.15, 0.2) is 0 Å². The monoisotopic (exact) mass is 207 g/mol. The Labute approximate surface area is 90.0 Å². The van der Waals surface area contributed by atoms with Crippen molar-refractivity contribution < 1.29 is 5.11 Å². The van der Waals surface area contributed by atoms with E-state index in [1.54, 1.807) is 6.20 Å². The summed E-state index contributed by atoms with van der Waals surface area (Å²) < 4.78 is 0. The van der Waals surface area contributed by atoms with E-state index in [1.165, 1.54) is 0 Å². The van der Waals surface area contributed by atoms with E-state index in [4.69, 9.17) is 0 Å². The van der Waals surface area contributed by atoms with Crippen LogP contribution in [0.4, 0.5) is 5.82 Å². The molecule has 0 aromatic carbocycles. The molecule has 0 radical (unpaired) electrons. The lowest BCUT2D eigenvalue weighted by molar-refractivity contribution is 0.153. The van der Waals surface area contributed by atoms with Crippen LogP contribution in [0.2, 0.25) is 0 Å². The van der Waals surface area contributed by atoms with E-state index in [0.717, 1.165) is 36.6 Å². The summed E-state index contributed by atoms with van der Waals surface area (Å²) in [5, 5.41) is 9.61. The Bertz CT molecular complexity index is 354. The van der Waals surface area contributed by atoms with Gasteiger partial charge in [-0.05, 0) is 26.7 Å². The third-order valence-corrected chi connectivity index (χ3v) is 2.75. The molecule has 1 N–H and O–H groups in total. The Kier molecular flexibility index (Phi) is 2.86. The molecule has 4 nitrogen and oxygen atoms in total. The maximum atomic E-state index is 9.61. The van der Waals surface area contributed by atoms with Crippen LogP contribution in [0.5, 0.6) is 0 Å². The predicted octanol–water partition coefficient (Wildman–Crippen LogP) is 1.05. The van der Waals surface area contributed by atoms with E-state index >= 15 is 0 Å². The molecule has 15 heavy (non-hydrogen) atoms. The number of β-amino-alcohol motifs (C(OH)–C–C–N with tert-alkyl or cyclic N) is 1. The molecular formula is C11H17N3O. The standard InChI is InChI=1S/C11H17N3O/c1-8-6-12-9(2)11(13-8)14-5-3-4-10(15)7-14/h6,10,15H,3-5,7H2,1-2H3/t10-/m0/s1. The van der Waals surface area contributed by atoms with Crippen molar-refractivity contribution in [2.24, 2.45) is 0 Å². The molecule has 1 saturated heterocycles. The smallest absolute Gasteiger partial charge is 0.150 e. The van der Waals surface area contributed by atoms with Crippen molar-refractivity contribution in [3.63, 3.8) is 0 Å². The van der Waals surface area contributed by atoms with E-state index in [9.17, 15) is 5.11 Å². The van der Waals surface area contributed by atoms with Crippen LogP contribution < -0.4 is 4.90 Å². The number of hydrogen-bond acceptors (Lipinski definition) is 4. The second-order valence-corrected chi connectivity index (χ2v) is 4.16. The first-order valence-electron chi connectivity index (χ1n) is 5.40. The Hall–Kier alpha value is -1.16. The van der Waals surface area contributed by atoms with Gasteiger partial charge in [-0.1, -0.05) is 0 Å². The molecule has 0 spiro atoms. The SMILES string of the molecule is Cc1cnc(C)c(N2CCC[C@H](O)C2)n1. The number of aromatic nitrogens is 2. The summed E-state index contributed by atoms with van der Waals surface area (Å²) in [5.41, 5.74) is 1.87. The Morgan fingerprint density at radius 3 is 3.00 bits per heavy atom. The highest BCUT2D eigenvalue weighted by molar-refractivity contribution is 5.43. The summed E-state index contributed by atoms with van der Waals surface area (Å²) >= 11 is 0. The normalized spacial score (nSPS) is 21.8. The summed E-state index contributed by atoms with van der Waals surface area (Å²) in [4.78, 5) is 10.9. The van der Waals surface area contributed by atoms with Gasteiger partial charge in [0.05, 0.1) is 17.5 Å². The van der Waals surface area contributed by atoms with Crippen LogP contribution in [0.1, 0.15) is 24.2 Å². The minimum Gasteiger partial charge on any atom is -0.391 e. The maximum Gasteiger partial charge on any atom is 0.150 e. The van der Waals surface area contributed by atoms with E-state index in [2.05, 4.69) is 14.9 Å². The minimum absolute atomic E-state index is 0.222. The number of anilines is 1. The average Bonchev–Trinajstić information content (AvgIpc) is 2.22. The van der Waals surface area contributed by atoms with Crippen molar-refractivity contribution in [3.8, 4) is 0 Å². The largest absolute Gasteiger partial charge is 0.391 e. The van der Waals surface area contributed by atoms with Crippen molar-refractivity contribution in [2.45, 2.75) is 32.8 Å². The summed E-state index contributed by atoms with van der Waals surface area (Å²) in [5.74, 6) is 0.925. The Balaban J connectivity index is 2.24. The van der Waals surface area contributed by atoms with Crippen LogP contribution in [0.25, 0.3) is 0 Å². The molecule has 0 unspecified atom stereocenters. The number of nitrogens with zero attached hydrogens (tertiary/aromatic N) is 3. The third-order valence-electron chi connectivity index (χ3n) is 2.75. The molecular weight excluding hydrogens is 190 g/mol. The van der Waals surface area contributed by atoms with Crippen LogP contribution in [0.15, 0.2) is 6.20 Å². The molecule has 1 aromatic rings. The van der Waals surface area contributed by atoms with Gasteiger partial charge in [-0.3, -0.25) is 4.98 Å². The minimum atomic E-state index is -0.222. The molecule has 0 saturated carbocycles. The Morgan fingerprint density at radius 2 is 2.27 bits per heavy atom. The van der Waals surface area contributed by atoms with Gasteiger partial charge in [0.1, 0.15) is 5.82 Å². The highest BCUT2D eigenvalue weighted by Gasteiger charge is 2.20. The van der Waals surface area contributed by atoms with Crippen molar-refractivity contribution in [2.75, 3.05) is 18.0 Å². The maximum absolute atomic E-state index is 9.61. The first-order valence-corrected chi connectivity index (χ1v) is 5.40. The van der Waals surface area contributed by atoms with Gasteiger partial charge < -0.3 is 10.0 Å². The molecule has 1 fully saturated rings. The molecule has 1 aromatic heterocycles. The number of piperidine rings is 1. The van der Waals surface area contributed by atoms with Crippen LogP contribution in [-0.2, 0) is 0 Å². The fraction of sp³-hybridized carbons (Fsp3) is 0.636. The van der Waals surface area contributed by atoms with Crippen LogP contribution in [0, 0.1) is 13.8 Å². The lowest BCUT2D eigenvalue weighted by Crippen LogP contribution is -2.39. The molecule has 4 heteroatoms. The lowest BCUT2D eigenvalue weighted by atomic mass is 10.1. The molecule has 0 amide bonds. The topological polar surface area (TPSA) is 49.2 Å². The van der Waals surface area contributed by atoms with Gasteiger partial charge in [0.25, 0.3) is 0 Å². The molecule has 2 heterocycles. The zero-order chi connectivity index (χ0) is 10.8. The number of aliphatic hydroxyl groups is 1. The number of aryl methyl sites for hydroxylation is 2. The molecule has 1 atom stereocenters. The molecule has 0 bridgehead atoms. The van der Waals surface area contributed by atoms with Crippen molar-refractivity contribution in [3.05, 3.63) is 17.6 Å². The van der Waals surface area contributed by atoms with Gasteiger partial charge >= 0.3 is 0 Å². The fourth-order valence-electron chi connectivity index (χ4n) is 1.97. The van der Waals surface area contributed by atoms with Crippen molar-refractivity contribution >= 4 is 5.82 Å². The zero-order valence-electron chi connectivity index (χ0n) is 9.27. The fourth-order valence-corrected chi connectivity index (χ4v) is 1.97. The number of rotatable bonds is 1. The summed E-state index contributed by atoms with van der Waals surface area (Å²) in [6.45, 7) is 5.55. The summed E-state index contributed by atoms with van der Waals surface area (Å²) in [6.07, 6.45) is 3.48. The van der Waals surface area contributed by atoms with Gasteiger partial charge in [-0.15, -0.1) is 0 Å². The first-order chi connectivity index (χ1) is 7.16. The highest BCUT2D eigenvalue weighted by Crippen LogP contribution is 2.20. The molecule has 2 rings (SSSR count). The molecule has 1 aliphatic rings. The first kappa shape index (κ1) is 10.4.